The molecule has 0 saturated carbocycles. The van der Waals surface area contributed by atoms with Crippen LogP contribution in [0.4, 0.5) is 0 Å². The molecular weight excluding hydrogens is 675 g/mol. The van der Waals surface area contributed by atoms with Crippen molar-refractivity contribution >= 4 is 64.1 Å². The molecule has 0 aliphatic rings. The molecule has 0 aliphatic carbocycles. The minimum absolute atomic E-state index is 0.707. The van der Waals surface area contributed by atoms with Crippen molar-refractivity contribution in [3.8, 4) is 50.7 Å². The van der Waals surface area contributed by atoms with Crippen LogP contribution in [-0.4, -0.2) is 14.5 Å². The second-order valence-corrected chi connectivity index (χ2v) is 14.9. The molecule has 54 heavy (non-hydrogen) atoms. The number of aromatic nitrogens is 3. The Kier molecular flexibility index (Phi) is 7.04. The summed E-state index contributed by atoms with van der Waals surface area (Å²) >= 11 is 1.85. The summed E-state index contributed by atoms with van der Waals surface area (Å²) in [5, 5.41) is 7.49. The number of hydrogen-bond acceptors (Lipinski definition) is 3. The molecule has 0 fully saturated rings. The average Bonchev–Trinajstić information content (AvgIpc) is 3.79. The van der Waals surface area contributed by atoms with Gasteiger partial charge in [-0.25, -0.2) is 9.97 Å². The van der Waals surface area contributed by atoms with Gasteiger partial charge >= 0.3 is 0 Å². The van der Waals surface area contributed by atoms with E-state index in [-0.39, 0.29) is 0 Å². The molecule has 3 aromatic heterocycles. The fraction of sp³-hybridized carbons (Fsp3) is 0. The average molecular weight is 706 g/mol. The van der Waals surface area contributed by atoms with Gasteiger partial charge in [0.15, 0.2) is 5.82 Å². The molecule has 0 amide bonds. The van der Waals surface area contributed by atoms with Gasteiger partial charge in [0.2, 0.25) is 0 Å². The molecule has 252 valence electrons. The quantitative estimate of drug-likeness (QED) is 0.178. The van der Waals surface area contributed by atoms with E-state index in [1.54, 1.807) is 0 Å². The van der Waals surface area contributed by atoms with Crippen LogP contribution < -0.4 is 0 Å². The van der Waals surface area contributed by atoms with Crippen LogP contribution in [0.5, 0.6) is 0 Å². The number of benzene rings is 8. The summed E-state index contributed by atoms with van der Waals surface area (Å²) in [5.41, 5.74) is 10.8. The summed E-state index contributed by atoms with van der Waals surface area (Å²) in [4.78, 5) is 10.4. The molecule has 0 aliphatic heterocycles. The van der Waals surface area contributed by atoms with Crippen molar-refractivity contribution in [2.45, 2.75) is 0 Å². The van der Waals surface area contributed by atoms with Crippen molar-refractivity contribution in [2.75, 3.05) is 0 Å². The lowest BCUT2D eigenvalue weighted by atomic mass is 10.00. The Labute approximate surface area is 316 Å². The second kappa shape index (κ2) is 12.4. The molecule has 0 radical (unpaired) electrons. The number of para-hydroxylation sites is 2. The first kappa shape index (κ1) is 30.7. The minimum atomic E-state index is 0.707. The van der Waals surface area contributed by atoms with Crippen molar-refractivity contribution in [2.24, 2.45) is 0 Å². The molecule has 0 atom stereocenters. The normalized spacial score (nSPS) is 11.7. The van der Waals surface area contributed by atoms with Gasteiger partial charge in [0.25, 0.3) is 0 Å². The minimum Gasteiger partial charge on any atom is -0.309 e. The molecule has 3 nitrogen and oxygen atoms in total. The zero-order valence-electron chi connectivity index (χ0n) is 29.1. The van der Waals surface area contributed by atoms with Crippen molar-refractivity contribution in [1.82, 2.24) is 14.5 Å². The SMILES string of the molecule is c1ccc2cc(-c3nc(-c4ccc(-c5ccc6sc7ccccc7c6c5)cc4)cc(-c4ccc(-n5c6ccccc6c6ccccc65)cc4)n3)ccc2c1. The van der Waals surface area contributed by atoms with E-state index in [0.717, 1.165) is 33.8 Å². The van der Waals surface area contributed by atoms with Gasteiger partial charge in [-0.1, -0.05) is 133 Å². The molecule has 11 aromatic rings. The summed E-state index contributed by atoms with van der Waals surface area (Å²) in [5.74, 6) is 0.707. The smallest absolute Gasteiger partial charge is 0.160 e. The predicted molar refractivity (Wildman–Crippen MR) is 229 cm³/mol. The Hall–Kier alpha value is -6.88. The Morgan fingerprint density at radius 1 is 0.352 bits per heavy atom. The zero-order valence-corrected chi connectivity index (χ0v) is 30.0. The van der Waals surface area contributed by atoms with Crippen LogP contribution in [0.2, 0.25) is 0 Å². The number of rotatable bonds is 5. The third-order valence-electron chi connectivity index (χ3n) is 10.6. The maximum absolute atomic E-state index is 5.20. The molecule has 0 bridgehead atoms. The fourth-order valence-corrected chi connectivity index (χ4v) is 9.01. The Morgan fingerprint density at radius 2 is 0.889 bits per heavy atom. The van der Waals surface area contributed by atoms with E-state index in [9.17, 15) is 0 Å². The van der Waals surface area contributed by atoms with E-state index in [0.29, 0.717) is 5.82 Å². The Morgan fingerprint density at radius 3 is 1.61 bits per heavy atom. The van der Waals surface area contributed by atoms with Crippen molar-refractivity contribution in [1.29, 1.82) is 0 Å². The van der Waals surface area contributed by atoms with Crippen molar-refractivity contribution in [3.05, 3.63) is 188 Å². The Bertz CT molecular complexity index is 3150. The van der Waals surface area contributed by atoms with Gasteiger partial charge in [0.1, 0.15) is 0 Å². The number of nitrogens with zero attached hydrogens (tertiary/aromatic N) is 3. The first-order chi connectivity index (χ1) is 26.7. The van der Waals surface area contributed by atoms with Crippen molar-refractivity contribution in [3.63, 3.8) is 0 Å². The fourth-order valence-electron chi connectivity index (χ4n) is 7.92. The Balaban J connectivity index is 1.01. The van der Waals surface area contributed by atoms with Crippen molar-refractivity contribution < 1.29 is 0 Å². The lowest BCUT2D eigenvalue weighted by Crippen LogP contribution is -1.97. The topological polar surface area (TPSA) is 30.7 Å². The van der Waals surface area contributed by atoms with Crippen LogP contribution in [-0.2, 0) is 0 Å². The highest BCUT2D eigenvalue weighted by atomic mass is 32.1. The standard InChI is InChI=1S/C50H31N3S/c1-2-10-36-29-38(22-19-32(36)9-1)50-51-44(34-20-17-33(18-21-34)37-25-28-49-43(30-37)42-13-5-8-16-48(42)54-49)31-45(52-50)35-23-26-39(27-24-35)53-46-14-6-3-11-40(46)41-12-4-7-15-47(41)53/h1-31H. The summed E-state index contributed by atoms with van der Waals surface area (Å²) in [6.45, 7) is 0. The first-order valence-electron chi connectivity index (χ1n) is 18.2. The van der Waals surface area contributed by atoms with Gasteiger partial charge < -0.3 is 4.57 Å². The molecule has 4 heteroatoms. The molecule has 0 N–H and O–H groups in total. The van der Waals surface area contributed by atoms with Crippen LogP contribution in [0.25, 0.3) is 103 Å². The van der Waals surface area contributed by atoms with E-state index in [1.807, 2.05) is 11.3 Å². The highest BCUT2D eigenvalue weighted by Crippen LogP contribution is 2.38. The summed E-state index contributed by atoms with van der Waals surface area (Å²) in [6, 6.07) is 67.3. The van der Waals surface area contributed by atoms with E-state index in [4.69, 9.17) is 9.97 Å². The van der Waals surface area contributed by atoms with Gasteiger partial charge in [0, 0.05) is 53.3 Å². The molecule has 0 saturated heterocycles. The van der Waals surface area contributed by atoms with Crippen LogP contribution in [0, 0.1) is 0 Å². The number of fused-ring (bicyclic) bond motifs is 7. The van der Waals surface area contributed by atoms with Gasteiger partial charge in [0.05, 0.1) is 22.4 Å². The molecule has 11 rings (SSSR count). The number of thiophene rings is 1. The maximum Gasteiger partial charge on any atom is 0.160 e. The van der Waals surface area contributed by atoms with Crippen LogP contribution in [0.1, 0.15) is 0 Å². The largest absolute Gasteiger partial charge is 0.309 e. The molecule has 0 spiro atoms. The molecular formula is C50H31N3S. The van der Waals surface area contributed by atoms with Gasteiger partial charge in [-0.15, -0.1) is 11.3 Å². The third-order valence-corrected chi connectivity index (χ3v) is 11.8. The third kappa shape index (κ3) is 5.11. The molecule has 3 heterocycles. The maximum atomic E-state index is 5.20. The summed E-state index contributed by atoms with van der Waals surface area (Å²) in [6.07, 6.45) is 0. The predicted octanol–water partition coefficient (Wildman–Crippen LogP) is 13.8. The van der Waals surface area contributed by atoms with Gasteiger partial charge in [-0.05, 0) is 76.5 Å². The molecule has 8 aromatic carbocycles. The summed E-state index contributed by atoms with van der Waals surface area (Å²) in [7, 11) is 0. The van der Waals surface area contributed by atoms with E-state index < -0.39 is 0 Å². The lowest BCUT2D eigenvalue weighted by molar-refractivity contribution is 1.17. The van der Waals surface area contributed by atoms with Gasteiger partial charge in [-0.3, -0.25) is 0 Å². The van der Waals surface area contributed by atoms with Gasteiger partial charge in [-0.2, -0.15) is 0 Å². The zero-order chi connectivity index (χ0) is 35.6. The lowest BCUT2D eigenvalue weighted by Gasteiger charge is -2.12. The highest BCUT2D eigenvalue weighted by Gasteiger charge is 2.15. The summed E-state index contributed by atoms with van der Waals surface area (Å²) < 4.78 is 4.98. The first-order valence-corrected chi connectivity index (χ1v) is 19.0. The van der Waals surface area contributed by atoms with E-state index in [1.165, 1.54) is 63.9 Å². The second-order valence-electron chi connectivity index (χ2n) is 13.8. The highest BCUT2D eigenvalue weighted by molar-refractivity contribution is 7.25. The van der Waals surface area contributed by atoms with E-state index in [2.05, 4.69) is 193 Å². The molecule has 0 unspecified atom stereocenters. The van der Waals surface area contributed by atoms with Crippen LogP contribution in [0.15, 0.2) is 188 Å². The van der Waals surface area contributed by atoms with E-state index >= 15 is 0 Å². The van der Waals surface area contributed by atoms with Crippen LogP contribution in [0.3, 0.4) is 0 Å². The van der Waals surface area contributed by atoms with Crippen LogP contribution >= 0.6 is 11.3 Å². The monoisotopic (exact) mass is 705 g/mol. The number of hydrogen-bond donors (Lipinski definition) is 0.